The highest BCUT2D eigenvalue weighted by atomic mass is 19.3. The van der Waals surface area contributed by atoms with Crippen molar-refractivity contribution in [1.29, 1.82) is 0 Å². The van der Waals surface area contributed by atoms with E-state index in [1.807, 2.05) is 0 Å². The lowest BCUT2D eigenvalue weighted by molar-refractivity contribution is -0.121. The van der Waals surface area contributed by atoms with Crippen LogP contribution < -0.4 is 15.6 Å². The average molecular weight is 379 g/mol. The quantitative estimate of drug-likeness (QED) is 0.778. The molecule has 8 nitrogen and oxygen atoms in total. The number of amides is 1. The molecule has 2 heterocycles. The van der Waals surface area contributed by atoms with Gasteiger partial charge in [0.25, 0.3) is 5.56 Å². The Morgan fingerprint density at radius 2 is 2.04 bits per heavy atom. The molecule has 0 atom stereocenters. The molecule has 1 saturated carbocycles. The number of nitrogens with one attached hydrogen (secondary N) is 1. The fourth-order valence-electron chi connectivity index (χ4n) is 2.72. The van der Waals surface area contributed by atoms with Gasteiger partial charge in [0.1, 0.15) is 6.54 Å². The summed E-state index contributed by atoms with van der Waals surface area (Å²) in [6.07, 6.45) is 2.56. The standard InChI is InChI=1S/C17H19F2N5O3/c1-2-20-14(25)9-24-15(26)4-3-13(23-24)12-7-21-16(22-8-12)27-10-11-5-17(18,19)6-11/h3-4,7-8,11H,2,5-6,9-10H2,1H3,(H,20,25). The Hall–Kier alpha value is -2.91. The van der Waals surface area contributed by atoms with Crippen molar-refractivity contribution in [1.82, 2.24) is 25.1 Å². The normalized spacial score (nSPS) is 15.8. The Balaban J connectivity index is 1.64. The molecule has 0 bridgehead atoms. The Bertz CT molecular complexity index is 862. The van der Waals surface area contributed by atoms with Crippen LogP contribution in [0.1, 0.15) is 19.8 Å². The number of hydrogen-bond acceptors (Lipinski definition) is 6. The zero-order valence-electron chi connectivity index (χ0n) is 14.7. The number of carbonyl (C=O) groups is 1. The molecule has 27 heavy (non-hydrogen) atoms. The molecule has 144 valence electrons. The third kappa shape index (κ3) is 4.83. The van der Waals surface area contributed by atoms with Crippen LogP contribution in [0.25, 0.3) is 11.3 Å². The van der Waals surface area contributed by atoms with E-state index in [1.54, 1.807) is 6.92 Å². The molecule has 0 aromatic carbocycles. The number of hydrogen-bond donors (Lipinski definition) is 1. The first-order valence-electron chi connectivity index (χ1n) is 8.54. The highest BCUT2D eigenvalue weighted by Crippen LogP contribution is 2.42. The van der Waals surface area contributed by atoms with Crippen molar-refractivity contribution in [2.24, 2.45) is 5.92 Å². The first-order chi connectivity index (χ1) is 12.9. The summed E-state index contributed by atoms with van der Waals surface area (Å²) in [6.45, 7) is 2.20. The van der Waals surface area contributed by atoms with Crippen LogP contribution in [0, 0.1) is 5.92 Å². The first kappa shape index (κ1) is 18.9. The molecule has 0 unspecified atom stereocenters. The zero-order chi connectivity index (χ0) is 19.4. The van der Waals surface area contributed by atoms with Crippen LogP contribution >= 0.6 is 0 Å². The number of nitrogens with zero attached hydrogens (tertiary/aromatic N) is 4. The third-order valence-electron chi connectivity index (χ3n) is 4.08. The van der Waals surface area contributed by atoms with E-state index < -0.39 is 11.5 Å². The lowest BCUT2D eigenvalue weighted by atomic mass is 9.82. The van der Waals surface area contributed by atoms with Crippen molar-refractivity contribution >= 4 is 5.91 Å². The monoisotopic (exact) mass is 379 g/mol. The molecule has 0 spiro atoms. The van der Waals surface area contributed by atoms with E-state index in [-0.39, 0.29) is 43.8 Å². The van der Waals surface area contributed by atoms with Gasteiger partial charge in [-0.3, -0.25) is 9.59 Å². The van der Waals surface area contributed by atoms with Gasteiger partial charge in [0, 0.05) is 49.3 Å². The number of likely N-dealkylation sites (N-methyl/N-ethyl adjacent to an activating group) is 1. The zero-order valence-corrected chi connectivity index (χ0v) is 14.7. The molecule has 1 amide bonds. The van der Waals surface area contributed by atoms with Crippen molar-refractivity contribution in [2.75, 3.05) is 13.2 Å². The van der Waals surface area contributed by atoms with Gasteiger partial charge in [-0.25, -0.2) is 23.4 Å². The maximum absolute atomic E-state index is 12.8. The molecule has 10 heteroatoms. The maximum Gasteiger partial charge on any atom is 0.316 e. The maximum atomic E-state index is 12.8. The van der Waals surface area contributed by atoms with E-state index >= 15 is 0 Å². The molecular weight excluding hydrogens is 360 g/mol. The first-order valence-corrected chi connectivity index (χ1v) is 8.54. The molecule has 0 radical (unpaired) electrons. The summed E-state index contributed by atoms with van der Waals surface area (Å²) in [5.41, 5.74) is 0.550. The van der Waals surface area contributed by atoms with Crippen LogP contribution in [-0.4, -0.2) is 44.7 Å². The van der Waals surface area contributed by atoms with Crippen LogP contribution in [0.15, 0.2) is 29.3 Å². The highest BCUT2D eigenvalue weighted by Gasteiger charge is 2.45. The van der Waals surface area contributed by atoms with E-state index in [2.05, 4.69) is 20.4 Å². The fourth-order valence-corrected chi connectivity index (χ4v) is 2.72. The van der Waals surface area contributed by atoms with Crippen LogP contribution in [0.4, 0.5) is 8.78 Å². The number of aromatic nitrogens is 4. The number of ether oxygens (including phenoxy) is 1. The summed E-state index contributed by atoms with van der Waals surface area (Å²) in [4.78, 5) is 31.6. The topological polar surface area (TPSA) is 99.0 Å². The SMILES string of the molecule is CCNC(=O)Cn1nc(-c2cnc(OCC3CC(F)(F)C3)nc2)ccc1=O. The average Bonchev–Trinajstić information content (AvgIpc) is 2.61. The lowest BCUT2D eigenvalue weighted by Crippen LogP contribution is -2.38. The van der Waals surface area contributed by atoms with Gasteiger partial charge in [-0.05, 0) is 13.0 Å². The van der Waals surface area contributed by atoms with Crippen LogP contribution in [0.2, 0.25) is 0 Å². The van der Waals surface area contributed by atoms with Gasteiger partial charge in [0.2, 0.25) is 11.8 Å². The Labute approximate surface area is 153 Å². The van der Waals surface area contributed by atoms with Crippen LogP contribution in [0.3, 0.4) is 0 Å². The number of rotatable bonds is 7. The summed E-state index contributed by atoms with van der Waals surface area (Å²) >= 11 is 0. The summed E-state index contributed by atoms with van der Waals surface area (Å²) in [6, 6.07) is 2.90. The molecule has 3 rings (SSSR count). The van der Waals surface area contributed by atoms with E-state index in [9.17, 15) is 18.4 Å². The van der Waals surface area contributed by atoms with E-state index in [0.29, 0.717) is 17.8 Å². The number of halogens is 2. The van der Waals surface area contributed by atoms with Crippen molar-refractivity contribution in [2.45, 2.75) is 32.2 Å². The minimum absolute atomic E-state index is 0.0876. The summed E-state index contributed by atoms with van der Waals surface area (Å²) < 4.78 is 32.0. The summed E-state index contributed by atoms with van der Waals surface area (Å²) in [5.74, 6) is -3.09. The van der Waals surface area contributed by atoms with Crippen LogP contribution in [0.5, 0.6) is 6.01 Å². The van der Waals surface area contributed by atoms with Crippen molar-refractivity contribution in [3.63, 3.8) is 0 Å². The molecule has 2 aromatic rings. The van der Waals surface area contributed by atoms with Gasteiger partial charge in [-0.2, -0.15) is 5.10 Å². The predicted molar refractivity (Wildman–Crippen MR) is 91.4 cm³/mol. The molecule has 0 aliphatic heterocycles. The van der Waals surface area contributed by atoms with E-state index in [1.165, 1.54) is 24.5 Å². The molecule has 1 fully saturated rings. The minimum atomic E-state index is -2.58. The second-order valence-electron chi connectivity index (χ2n) is 6.36. The fraction of sp³-hybridized carbons (Fsp3) is 0.471. The Morgan fingerprint density at radius 3 is 2.67 bits per heavy atom. The minimum Gasteiger partial charge on any atom is -0.463 e. The van der Waals surface area contributed by atoms with Crippen molar-refractivity contribution in [3.05, 3.63) is 34.9 Å². The van der Waals surface area contributed by atoms with Crippen molar-refractivity contribution < 1.29 is 18.3 Å². The molecule has 1 aliphatic rings. The van der Waals surface area contributed by atoms with Crippen LogP contribution in [-0.2, 0) is 11.3 Å². The van der Waals surface area contributed by atoms with Gasteiger partial charge in [-0.15, -0.1) is 0 Å². The lowest BCUT2D eigenvalue weighted by Gasteiger charge is -2.34. The van der Waals surface area contributed by atoms with Gasteiger partial charge in [0.05, 0.1) is 12.3 Å². The Morgan fingerprint density at radius 1 is 1.33 bits per heavy atom. The summed E-state index contributed by atoms with van der Waals surface area (Å²) in [5, 5.41) is 6.74. The summed E-state index contributed by atoms with van der Waals surface area (Å²) in [7, 11) is 0. The molecule has 1 aliphatic carbocycles. The Kier molecular flexibility index (Phi) is 5.43. The molecular formula is C17H19F2N5O3. The second kappa shape index (κ2) is 7.77. The largest absolute Gasteiger partial charge is 0.463 e. The smallest absolute Gasteiger partial charge is 0.316 e. The van der Waals surface area contributed by atoms with Gasteiger partial charge in [0.15, 0.2) is 0 Å². The number of carbonyl (C=O) groups excluding carboxylic acids is 1. The van der Waals surface area contributed by atoms with Crippen molar-refractivity contribution in [3.8, 4) is 17.3 Å². The highest BCUT2D eigenvalue weighted by molar-refractivity contribution is 5.75. The van der Waals surface area contributed by atoms with Gasteiger partial charge < -0.3 is 10.1 Å². The van der Waals surface area contributed by atoms with E-state index in [0.717, 1.165) is 4.68 Å². The molecule has 2 aromatic heterocycles. The molecule has 0 saturated heterocycles. The second-order valence-corrected chi connectivity index (χ2v) is 6.36. The van der Waals surface area contributed by atoms with Gasteiger partial charge >= 0.3 is 6.01 Å². The number of alkyl halides is 2. The van der Waals surface area contributed by atoms with Gasteiger partial charge in [-0.1, -0.05) is 0 Å². The molecule has 1 N–H and O–H groups in total. The third-order valence-corrected chi connectivity index (χ3v) is 4.08. The van der Waals surface area contributed by atoms with E-state index in [4.69, 9.17) is 4.74 Å². The predicted octanol–water partition coefficient (Wildman–Crippen LogP) is 1.26.